The van der Waals surface area contributed by atoms with Crippen molar-refractivity contribution < 1.29 is 0 Å². The molecule has 1 N–H and O–H groups in total. The Morgan fingerprint density at radius 1 is 1.25 bits per heavy atom. The van der Waals surface area contributed by atoms with Gasteiger partial charge in [-0.2, -0.15) is 0 Å². The fourth-order valence-electron chi connectivity index (χ4n) is 1.50. The summed E-state index contributed by atoms with van der Waals surface area (Å²) in [5, 5.41) is 3.50. The molecular weight excluding hydrogens is 258 g/mol. The van der Waals surface area contributed by atoms with E-state index in [9.17, 15) is 0 Å². The molecule has 16 heavy (non-hydrogen) atoms. The van der Waals surface area contributed by atoms with Crippen LogP contribution in [0.5, 0.6) is 0 Å². The smallest absolute Gasteiger partial charge is 0.0931 e. The van der Waals surface area contributed by atoms with Gasteiger partial charge in [0.15, 0.2) is 0 Å². The van der Waals surface area contributed by atoms with E-state index in [-0.39, 0.29) is 0 Å². The summed E-state index contributed by atoms with van der Waals surface area (Å²) in [7, 11) is 0. The first-order chi connectivity index (χ1) is 7.65. The van der Waals surface area contributed by atoms with Crippen molar-refractivity contribution in [2.45, 2.75) is 26.4 Å². The molecule has 0 saturated heterocycles. The molecule has 2 heterocycles. The molecule has 0 fully saturated rings. The van der Waals surface area contributed by atoms with Gasteiger partial charge in [0, 0.05) is 27.2 Å². The van der Waals surface area contributed by atoms with Crippen LogP contribution in [0.2, 0.25) is 4.34 Å². The molecule has 0 bridgehead atoms. The molecule has 0 aliphatic rings. The first-order valence-corrected chi connectivity index (χ1v) is 7.20. The van der Waals surface area contributed by atoms with Crippen LogP contribution in [0.25, 0.3) is 0 Å². The van der Waals surface area contributed by atoms with Gasteiger partial charge in [-0.3, -0.25) is 0 Å². The Morgan fingerprint density at radius 3 is 2.62 bits per heavy atom. The van der Waals surface area contributed by atoms with E-state index in [0.717, 1.165) is 10.9 Å². The van der Waals surface area contributed by atoms with Crippen molar-refractivity contribution in [3.8, 4) is 0 Å². The van der Waals surface area contributed by atoms with Crippen LogP contribution in [-0.4, -0.2) is 0 Å². The second-order valence-corrected chi connectivity index (χ2v) is 6.88. The highest BCUT2D eigenvalue weighted by molar-refractivity contribution is 7.16. The molecule has 2 rings (SSSR count). The average Bonchev–Trinajstić information content (AvgIpc) is 2.84. The zero-order valence-corrected chi connectivity index (χ0v) is 11.7. The molecule has 1 atom stereocenters. The third-order valence-corrected chi connectivity index (χ3v) is 4.81. The van der Waals surface area contributed by atoms with Crippen LogP contribution >= 0.6 is 34.3 Å². The van der Waals surface area contributed by atoms with E-state index in [1.807, 2.05) is 17.4 Å². The maximum atomic E-state index is 5.92. The summed E-state index contributed by atoms with van der Waals surface area (Å²) < 4.78 is 0.857. The van der Waals surface area contributed by atoms with Gasteiger partial charge in [-0.1, -0.05) is 11.6 Å². The number of hydrogen-bond donors (Lipinski definition) is 1. The lowest BCUT2D eigenvalue weighted by atomic mass is 10.3. The molecular formula is C12H14ClNS2. The molecule has 2 aromatic rings. The monoisotopic (exact) mass is 271 g/mol. The summed E-state index contributed by atoms with van der Waals surface area (Å²) in [6, 6.07) is 8.74. The summed E-state index contributed by atoms with van der Waals surface area (Å²) >= 11 is 9.41. The van der Waals surface area contributed by atoms with Crippen LogP contribution < -0.4 is 5.32 Å². The van der Waals surface area contributed by atoms with E-state index < -0.39 is 0 Å². The summed E-state index contributed by atoms with van der Waals surface area (Å²) in [5.41, 5.74) is 0. The number of thiophene rings is 2. The van der Waals surface area contributed by atoms with Gasteiger partial charge >= 0.3 is 0 Å². The van der Waals surface area contributed by atoms with Crippen molar-refractivity contribution in [1.29, 1.82) is 0 Å². The number of rotatable bonds is 4. The van der Waals surface area contributed by atoms with Crippen LogP contribution in [-0.2, 0) is 6.54 Å². The van der Waals surface area contributed by atoms with Crippen molar-refractivity contribution in [1.82, 2.24) is 5.32 Å². The third-order valence-electron chi connectivity index (χ3n) is 2.40. The predicted octanol–water partition coefficient (Wildman–Crippen LogP) is 4.62. The Balaban J connectivity index is 1.91. The lowest BCUT2D eigenvalue weighted by Gasteiger charge is -2.10. The Hall–Kier alpha value is -0.350. The Kier molecular flexibility index (Phi) is 4.03. The topological polar surface area (TPSA) is 12.0 Å². The van der Waals surface area contributed by atoms with Crippen LogP contribution in [0.4, 0.5) is 0 Å². The van der Waals surface area contributed by atoms with Crippen molar-refractivity contribution in [2.24, 2.45) is 0 Å². The molecule has 0 aliphatic carbocycles. The summed E-state index contributed by atoms with van der Waals surface area (Å²) in [4.78, 5) is 4.04. The van der Waals surface area contributed by atoms with Gasteiger partial charge in [0.25, 0.3) is 0 Å². The standard InChI is InChI=1S/C12H14ClNS2/c1-8-3-4-10(15-8)7-14-9(2)11-5-6-12(13)16-11/h3-6,9,14H,7H2,1-2H3. The number of aryl methyl sites for hydroxylation is 1. The van der Waals surface area contributed by atoms with E-state index in [4.69, 9.17) is 11.6 Å². The molecule has 0 aliphatic heterocycles. The maximum absolute atomic E-state index is 5.92. The lowest BCUT2D eigenvalue weighted by Crippen LogP contribution is -2.16. The first-order valence-electron chi connectivity index (χ1n) is 5.19. The van der Waals surface area contributed by atoms with Crippen LogP contribution in [0, 0.1) is 6.92 Å². The van der Waals surface area contributed by atoms with E-state index in [1.54, 1.807) is 11.3 Å². The number of halogens is 1. The van der Waals surface area contributed by atoms with Crippen LogP contribution in [0.3, 0.4) is 0 Å². The highest BCUT2D eigenvalue weighted by Crippen LogP contribution is 2.27. The largest absolute Gasteiger partial charge is 0.305 e. The lowest BCUT2D eigenvalue weighted by molar-refractivity contribution is 0.587. The Morgan fingerprint density at radius 2 is 2.06 bits per heavy atom. The van der Waals surface area contributed by atoms with Gasteiger partial charge in [0.2, 0.25) is 0 Å². The first kappa shape index (κ1) is 12.1. The van der Waals surface area contributed by atoms with Gasteiger partial charge in [-0.15, -0.1) is 22.7 Å². The van der Waals surface area contributed by atoms with E-state index in [2.05, 4.69) is 37.4 Å². The van der Waals surface area contributed by atoms with Crippen LogP contribution in [0.1, 0.15) is 27.6 Å². The zero-order valence-electron chi connectivity index (χ0n) is 9.29. The molecule has 4 heteroatoms. The molecule has 0 spiro atoms. The summed E-state index contributed by atoms with van der Waals surface area (Å²) in [5.74, 6) is 0. The number of hydrogen-bond acceptors (Lipinski definition) is 3. The van der Waals surface area contributed by atoms with E-state index in [1.165, 1.54) is 14.6 Å². The Labute approximate surface area is 109 Å². The minimum Gasteiger partial charge on any atom is -0.305 e. The minimum atomic E-state index is 0.361. The van der Waals surface area contributed by atoms with Gasteiger partial charge in [0.05, 0.1) is 4.34 Å². The predicted molar refractivity (Wildman–Crippen MR) is 73.6 cm³/mol. The highest BCUT2D eigenvalue weighted by atomic mass is 35.5. The second-order valence-electron chi connectivity index (χ2n) is 3.76. The van der Waals surface area contributed by atoms with E-state index in [0.29, 0.717) is 6.04 Å². The van der Waals surface area contributed by atoms with Crippen molar-refractivity contribution in [3.63, 3.8) is 0 Å². The fraction of sp³-hybridized carbons (Fsp3) is 0.333. The molecule has 1 nitrogen and oxygen atoms in total. The van der Waals surface area contributed by atoms with Gasteiger partial charge < -0.3 is 5.32 Å². The zero-order chi connectivity index (χ0) is 11.5. The summed E-state index contributed by atoms with van der Waals surface area (Å²) in [6.07, 6.45) is 0. The normalized spacial score (nSPS) is 12.9. The SMILES string of the molecule is Cc1ccc(CNC(C)c2ccc(Cl)s2)s1. The molecule has 86 valence electrons. The highest BCUT2D eigenvalue weighted by Gasteiger charge is 2.07. The third kappa shape index (κ3) is 3.08. The molecule has 0 amide bonds. The summed E-state index contributed by atoms with van der Waals surface area (Å²) in [6.45, 7) is 5.23. The molecule has 1 unspecified atom stereocenters. The fourth-order valence-corrected chi connectivity index (χ4v) is 3.42. The molecule has 2 aromatic heterocycles. The molecule has 0 saturated carbocycles. The van der Waals surface area contributed by atoms with Crippen molar-refractivity contribution >= 4 is 34.3 Å². The van der Waals surface area contributed by atoms with Crippen LogP contribution in [0.15, 0.2) is 24.3 Å². The molecule has 0 aromatic carbocycles. The quantitative estimate of drug-likeness (QED) is 0.855. The molecule has 0 radical (unpaired) electrons. The average molecular weight is 272 g/mol. The number of nitrogens with one attached hydrogen (secondary N) is 1. The maximum Gasteiger partial charge on any atom is 0.0931 e. The van der Waals surface area contributed by atoms with Crippen molar-refractivity contribution in [3.05, 3.63) is 43.2 Å². The van der Waals surface area contributed by atoms with Gasteiger partial charge in [0.1, 0.15) is 0 Å². The van der Waals surface area contributed by atoms with Gasteiger partial charge in [-0.25, -0.2) is 0 Å². The van der Waals surface area contributed by atoms with Gasteiger partial charge in [-0.05, 0) is 38.1 Å². The van der Waals surface area contributed by atoms with E-state index >= 15 is 0 Å². The van der Waals surface area contributed by atoms with Crippen molar-refractivity contribution in [2.75, 3.05) is 0 Å². The minimum absolute atomic E-state index is 0.361. The Bertz CT molecular complexity index is 461. The second kappa shape index (κ2) is 5.32.